The number of carbonyl (C=O) groups is 1. The van der Waals surface area contributed by atoms with E-state index in [2.05, 4.69) is 4.98 Å². The number of ether oxygens (including phenoxy) is 2. The van der Waals surface area contributed by atoms with Crippen molar-refractivity contribution in [1.82, 2.24) is 4.98 Å². The van der Waals surface area contributed by atoms with Crippen molar-refractivity contribution in [3.05, 3.63) is 64.2 Å². The molecule has 0 radical (unpaired) electrons. The third-order valence-corrected chi connectivity index (χ3v) is 5.23. The number of hydrogen-bond acceptors (Lipinski definition) is 5. The first-order valence-electron chi connectivity index (χ1n) is 8.06. The Morgan fingerprint density at radius 1 is 1.15 bits per heavy atom. The lowest BCUT2D eigenvalue weighted by Crippen LogP contribution is -2.01. The van der Waals surface area contributed by atoms with Crippen molar-refractivity contribution in [2.24, 2.45) is 0 Å². The van der Waals surface area contributed by atoms with E-state index in [0.29, 0.717) is 28.8 Å². The Morgan fingerprint density at radius 3 is 2.58 bits per heavy atom. The maximum Gasteiger partial charge on any atom is 0.347 e. The quantitative estimate of drug-likeness (QED) is 0.681. The lowest BCUT2D eigenvalue weighted by molar-refractivity contribution is 0.0701. The number of nitrogens with zero attached hydrogens (tertiary/aromatic N) is 1. The molecule has 0 aliphatic rings. The predicted molar refractivity (Wildman–Crippen MR) is 101 cm³/mol. The van der Waals surface area contributed by atoms with Gasteiger partial charge < -0.3 is 14.6 Å². The van der Waals surface area contributed by atoms with Gasteiger partial charge in [-0.05, 0) is 37.1 Å². The van der Waals surface area contributed by atoms with Crippen LogP contribution in [0.5, 0.6) is 11.5 Å². The number of aromatic nitrogens is 1. The van der Waals surface area contributed by atoms with Gasteiger partial charge in [0.1, 0.15) is 16.5 Å². The molecule has 2 aromatic carbocycles. The van der Waals surface area contributed by atoms with Crippen molar-refractivity contribution in [2.45, 2.75) is 20.5 Å². The highest BCUT2D eigenvalue weighted by Gasteiger charge is 2.20. The van der Waals surface area contributed by atoms with Crippen molar-refractivity contribution in [2.75, 3.05) is 7.11 Å². The number of rotatable bonds is 6. The molecule has 1 N–H and O–H groups in total. The van der Waals surface area contributed by atoms with E-state index in [4.69, 9.17) is 9.47 Å². The summed E-state index contributed by atoms with van der Waals surface area (Å²) in [6.07, 6.45) is 0. The molecule has 0 saturated heterocycles. The van der Waals surface area contributed by atoms with E-state index in [9.17, 15) is 9.90 Å². The molecule has 0 saturated carbocycles. The van der Waals surface area contributed by atoms with Crippen LogP contribution >= 0.6 is 11.3 Å². The Kier molecular flexibility index (Phi) is 5.23. The van der Waals surface area contributed by atoms with Gasteiger partial charge in [-0.2, -0.15) is 0 Å². The van der Waals surface area contributed by atoms with Crippen LogP contribution in [0.3, 0.4) is 0 Å². The Balaban J connectivity index is 2.00. The smallest absolute Gasteiger partial charge is 0.347 e. The highest BCUT2D eigenvalue weighted by atomic mass is 32.1. The number of methoxy groups -OCH3 is 1. The van der Waals surface area contributed by atoms with E-state index in [0.717, 1.165) is 28.0 Å². The first-order valence-corrected chi connectivity index (χ1v) is 8.88. The molecule has 0 unspecified atom stereocenters. The maximum absolute atomic E-state index is 11.3. The van der Waals surface area contributed by atoms with Crippen LogP contribution in [0, 0.1) is 13.8 Å². The normalized spacial score (nSPS) is 10.6. The van der Waals surface area contributed by atoms with Gasteiger partial charge in [-0.15, -0.1) is 11.3 Å². The summed E-state index contributed by atoms with van der Waals surface area (Å²) in [6.45, 7) is 4.11. The first kappa shape index (κ1) is 17.9. The molecule has 3 rings (SSSR count). The van der Waals surface area contributed by atoms with Gasteiger partial charge in [0.05, 0.1) is 18.4 Å². The van der Waals surface area contributed by atoms with Crippen LogP contribution in [0.4, 0.5) is 0 Å². The van der Waals surface area contributed by atoms with Crippen LogP contribution < -0.4 is 9.47 Å². The molecule has 0 amide bonds. The van der Waals surface area contributed by atoms with Crippen molar-refractivity contribution < 1.29 is 19.4 Å². The van der Waals surface area contributed by atoms with E-state index < -0.39 is 5.97 Å². The molecule has 3 aromatic rings. The molecule has 0 aliphatic carbocycles. The monoisotopic (exact) mass is 369 g/mol. The fourth-order valence-electron chi connectivity index (χ4n) is 2.63. The molecule has 0 spiro atoms. The standard InChI is InChI=1S/C20H19NO4S/c1-12-7-4-5-8-14(12)11-25-17-15(9-6-10-16(17)24-3)19-21-13(2)18(26-19)20(22)23/h4-10H,11H2,1-3H3,(H,22,23). The summed E-state index contributed by atoms with van der Waals surface area (Å²) >= 11 is 1.13. The summed E-state index contributed by atoms with van der Waals surface area (Å²) in [5, 5.41) is 9.89. The second kappa shape index (κ2) is 7.58. The van der Waals surface area contributed by atoms with Gasteiger partial charge in [0, 0.05) is 0 Å². The SMILES string of the molecule is COc1cccc(-c2nc(C)c(C(=O)O)s2)c1OCc1ccccc1C. The molecular formula is C20H19NO4S. The van der Waals surface area contributed by atoms with Gasteiger partial charge in [0.2, 0.25) is 0 Å². The number of aromatic carboxylic acids is 1. The number of benzene rings is 2. The number of carboxylic acid groups (broad SMARTS) is 1. The van der Waals surface area contributed by atoms with Crippen molar-refractivity contribution in [1.29, 1.82) is 0 Å². The third-order valence-electron chi connectivity index (χ3n) is 4.05. The molecule has 1 aromatic heterocycles. The molecule has 0 bridgehead atoms. The molecule has 1 heterocycles. The fourth-order valence-corrected chi connectivity index (χ4v) is 3.55. The molecular weight excluding hydrogens is 350 g/mol. The molecule has 0 aliphatic heterocycles. The van der Waals surface area contributed by atoms with Crippen molar-refractivity contribution >= 4 is 17.3 Å². The van der Waals surface area contributed by atoms with Gasteiger partial charge in [-0.25, -0.2) is 9.78 Å². The van der Waals surface area contributed by atoms with Crippen LogP contribution in [0.2, 0.25) is 0 Å². The van der Waals surface area contributed by atoms with Gasteiger partial charge in [0.25, 0.3) is 0 Å². The van der Waals surface area contributed by atoms with E-state index in [1.165, 1.54) is 0 Å². The molecule has 134 valence electrons. The summed E-state index contributed by atoms with van der Waals surface area (Å²) < 4.78 is 11.5. The van der Waals surface area contributed by atoms with Crippen LogP contribution in [0.1, 0.15) is 26.5 Å². The summed E-state index contributed by atoms with van der Waals surface area (Å²) in [6, 6.07) is 13.5. The topological polar surface area (TPSA) is 68.7 Å². The average Bonchev–Trinajstić information content (AvgIpc) is 3.02. The molecule has 6 heteroatoms. The second-order valence-electron chi connectivity index (χ2n) is 5.79. The summed E-state index contributed by atoms with van der Waals surface area (Å²) in [7, 11) is 1.58. The lowest BCUT2D eigenvalue weighted by atomic mass is 10.1. The van der Waals surface area contributed by atoms with E-state index in [1.54, 1.807) is 14.0 Å². The second-order valence-corrected chi connectivity index (χ2v) is 6.79. The van der Waals surface area contributed by atoms with Gasteiger partial charge in [-0.1, -0.05) is 30.3 Å². The minimum atomic E-state index is -0.975. The summed E-state index contributed by atoms with van der Waals surface area (Å²) in [4.78, 5) is 16.0. The zero-order valence-electron chi connectivity index (χ0n) is 14.8. The zero-order chi connectivity index (χ0) is 18.7. The molecule has 0 fully saturated rings. The number of thiazole rings is 1. The first-order chi connectivity index (χ1) is 12.5. The highest BCUT2D eigenvalue weighted by Crippen LogP contribution is 2.40. The van der Waals surface area contributed by atoms with Gasteiger partial charge in [0.15, 0.2) is 11.5 Å². The van der Waals surface area contributed by atoms with Crippen LogP contribution in [-0.2, 0) is 6.61 Å². The summed E-state index contributed by atoms with van der Waals surface area (Å²) in [5.41, 5.74) is 3.43. The van der Waals surface area contributed by atoms with Crippen molar-refractivity contribution in [3.63, 3.8) is 0 Å². The summed E-state index contributed by atoms with van der Waals surface area (Å²) in [5.74, 6) is 0.168. The minimum absolute atomic E-state index is 0.229. The fraction of sp³-hybridized carbons (Fsp3) is 0.200. The Labute approximate surface area is 155 Å². The van der Waals surface area contributed by atoms with Gasteiger partial charge >= 0.3 is 5.97 Å². The number of aryl methyl sites for hydroxylation is 2. The highest BCUT2D eigenvalue weighted by molar-refractivity contribution is 7.17. The molecule has 26 heavy (non-hydrogen) atoms. The Bertz CT molecular complexity index is 949. The predicted octanol–water partition coefficient (Wildman–Crippen LogP) is 4.71. The number of para-hydroxylation sites is 1. The van der Waals surface area contributed by atoms with Gasteiger partial charge in [-0.3, -0.25) is 0 Å². The maximum atomic E-state index is 11.3. The molecule has 5 nitrogen and oxygen atoms in total. The molecule has 0 atom stereocenters. The van der Waals surface area contributed by atoms with E-state index in [1.807, 2.05) is 49.4 Å². The lowest BCUT2D eigenvalue weighted by Gasteiger charge is -2.15. The average molecular weight is 369 g/mol. The van der Waals surface area contributed by atoms with Crippen LogP contribution in [0.25, 0.3) is 10.6 Å². The van der Waals surface area contributed by atoms with E-state index >= 15 is 0 Å². The van der Waals surface area contributed by atoms with E-state index in [-0.39, 0.29) is 4.88 Å². The Morgan fingerprint density at radius 2 is 1.92 bits per heavy atom. The minimum Gasteiger partial charge on any atom is -0.493 e. The Hall–Kier alpha value is -2.86. The van der Waals surface area contributed by atoms with Crippen molar-refractivity contribution in [3.8, 4) is 22.1 Å². The third kappa shape index (κ3) is 3.55. The number of hydrogen-bond donors (Lipinski definition) is 1. The number of carboxylic acids is 1. The van der Waals surface area contributed by atoms with Crippen LogP contribution in [0.15, 0.2) is 42.5 Å². The largest absolute Gasteiger partial charge is 0.493 e. The van der Waals surface area contributed by atoms with Crippen LogP contribution in [-0.4, -0.2) is 23.2 Å². The zero-order valence-corrected chi connectivity index (χ0v) is 15.6.